The summed E-state index contributed by atoms with van der Waals surface area (Å²) in [5.41, 5.74) is 0.698. The number of rotatable bonds is 4. The van der Waals surface area contributed by atoms with E-state index in [0.29, 0.717) is 11.3 Å². The molecule has 0 fully saturated rings. The number of anilines is 2. The first-order valence-electron chi connectivity index (χ1n) is 5.52. The Morgan fingerprint density at radius 1 is 1.30 bits per heavy atom. The van der Waals surface area contributed by atoms with E-state index in [9.17, 15) is 14.9 Å². The van der Waals surface area contributed by atoms with E-state index >= 15 is 0 Å². The van der Waals surface area contributed by atoms with E-state index in [2.05, 4.69) is 15.3 Å². The number of nitro groups is 1. The number of aromatic nitrogens is 2. The summed E-state index contributed by atoms with van der Waals surface area (Å²) in [6.45, 7) is 1.46. The second-order valence-electron chi connectivity index (χ2n) is 3.88. The number of Topliss-reactive ketones (excluding diaryl/α,β-unsaturated/α-hetero) is 1. The minimum atomic E-state index is -0.658. The largest absolute Gasteiger partial charge is 0.348 e. The molecule has 0 aliphatic heterocycles. The number of carbonyl (C=O) groups is 1. The smallest absolute Gasteiger partial charge is 0.334 e. The normalized spacial score (nSPS) is 10.1. The van der Waals surface area contributed by atoms with Crippen molar-refractivity contribution in [1.29, 1.82) is 0 Å². The lowest BCUT2D eigenvalue weighted by molar-refractivity contribution is -0.384. The average Bonchev–Trinajstić information content (AvgIpc) is 2.39. The highest BCUT2D eigenvalue weighted by atomic mass is 35.5. The molecule has 0 saturated carbocycles. The molecule has 8 heteroatoms. The molecule has 0 aliphatic rings. The van der Waals surface area contributed by atoms with Crippen molar-refractivity contribution in [2.45, 2.75) is 6.92 Å². The standard InChI is InChI=1S/C12H9ClN4O3/c1-7(18)8-2-4-9(5-3-8)16-12-10(17(19)20)11(13)14-6-15-12/h2-6H,1H3,(H,14,15,16). The van der Waals surface area contributed by atoms with Crippen LogP contribution in [0.4, 0.5) is 17.2 Å². The van der Waals surface area contributed by atoms with Crippen LogP contribution in [0.15, 0.2) is 30.6 Å². The monoisotopic (exact) mass is 292 g/mol. The fraction of sp³-hybridized carbons (Fsp3) is 0.0833. The van der Waals surface area contributed by atoms with Gasteiger partial charge in [0.25, 0.3) is 0 Å². The third kappa shape index (κ3) is 2.89. The number of ketones is 1. The maximum absolute atomic E-state index is 11.2. The van der Waals surface area contributed by atoms with Crippen LogP contribution in [0.2, 0.25) is 5.15 Å². The second kappa shape index (κ2) is 5.62. The zero-order valence-corrected chi connectivity index (χ0v) is 11.1. The van der Waals surface area contributed by atoms with Gasteiger partial charge in [-0.1, -0.05) is 11.6 Å². The molecule has 1 aromatic heterocycles. The van der Waals surface area contributed by atoms with Gasteiger partial charge in [0.1, 0.15) is 6.33 Å². The average molecular weight is 293 g/mol. The molecule has 0 radical (unpaired) electrons. The maximum atomic E-state index is 11.2. The summed E-state index contributed by atoms with van der Waals surface area (Å²) in [6, 6.07) is 6.46. The predicted molar refractivity (Wildman–Crippen MR) is 73.4 cm³/mol. The molecule has 0 spiro atoms. The molecular formula is C12H9ClN4O3. The summed E-state index contributed by atoms with van der Waals surface area (Å²) < 4.78 is 0. The highest BCUT2D eigenvalue weighted by Gasteiger charge is 2.21. The molecule has 0 aliphatic carbocycles. The molecule has 2 rings (SSSR count). The third-order valence-corrected chi connectivity index (χ3v) is 2.79. The van der Waals surface area contributed by atoms with Gasteiger partial charge in [-0.05, 0) is 31.2 Å². The quantitative estimate of drug-likeness (QED) is 0.402. The fourth-order valence-electron chi connectivity index (χ4n) is 1.54. The molecule has 0 bridgehead atoms. The Labute approximate surface area is 118 Å². The Morgan fingerprint density at radius 3 is 2.50 bits per heavy atom. The van der Waals surface area contributed by atoms with Crippen LogP contribution < -0.4 is 5.32 Å². The van der Waals surface area contributed by atoms with Gasteiger partial charge in [-0.15, -0.1) is 0 Å². The summed E-state index contributed by atoms with van der Waals surface area (Å²) in [6.07, 6.45) is 1.13. The molecule has 1 aromatic carbocycles. The fourth-order valence-corrected chi connectivity index (χ4v) is 1.74. The summed E-state index contributed by atoms with van der Waals surface area (Å²) >= 11 is 5.68. The van der Waals surface area contributed by atoms with Crippen LogP contribution in [0.3, 0.4) is 0 Å². The number of benzene rings is 1. The molecule has 0 unspecified atom stereocenters. The van der Waals surface area contributed by atoms with E-state index in [1.807, 2.05) is 0 Å². The Hall–Kier alpha value is -2.54. The van der Waals surface area contributed by atoms with Crippen LogP contribution in [-0.2, 0) is 0 Å². The van der Waals surface area contributed by atoms with E-state index < -0.39 is 10.6 Å². The van der Waals surface area contributed by atoms with E-state index in [4.69, 9.17) is 11.6 Å². The van der Waals surface area contributed by atoms with Crippen molar-refractivity contribution >= 4 is 34.6 Å². The number of nitrogens with one attached hydrogen (secondary N) is 1. The van der Waals surface area contributed by atoms with Crippen LogP contribution >= 0.6 is 11.6 Å². The number of carbonyl (C=O) groups excluding carboxylic acids is 1. The van der Waals surface area contributed by atoms with Gasteiger partial charge in [0.15, 0.2) is 5.78 Å². The van der Waals surface area contributed by atoms with Crippen LogP contribution in [0, 0.1) is 10.1 Å². The van der Waals surface area contributed by atoms with Crippen LogP contribution in [0.1, 0.15) is 17.3 Å². The lowest BCUT2D eigenvalue weighted by Gasteiger charge is -2.06. The summed E-state index contributed by atoms with van der Waals surface area (Å²) in [7, 11) is 0. The maximum Gasteiger partial charge on any atom is 0.348 e. The van der Waals surface area contributed by atoms with Gasteiger partial charge in [0, 0.05) is 11.3 Å². The lowest BCUT2D eigenvalue weighted by Crippen LogP contribution is -2.02. The van der Waals surface area contributed by atoms with Gasteiger partial charge in [0.05, 0.1) is 4.92 Å². The second-order valence-corrected chi connectivity index (χ2v) is 4.24. The Morgan fingerprint density at radius 2 is 1.95 bits per heavy atom. The highest BCUT2D eigenvalue weighted by Crippen LogP contribution is 2.30. The van der Waals surface area contributed by atoms with Crippen molar-refractivity contribution in [2.75, 3.05) is 5.32 Å². The molecule has 7 nitrogen and oxygen atoms in total. The minimum Gasteiger partial charge on any atom is -0.334 e. The number of hydrogen-bond acceptors (Lipinski definition) is 6. The van der Waals surface area contributed by atoms with Gasteiger partial charge < -0.3 is 5.32 Å². The first-order chi connectivity index (χ1) is 9.49. The Balaban J connectivity index is 2.33. The van der Waals surface area contributed by atoms with Crippen LogP contribution in [0.5, 0.6) is 0 Å². The van der Waals surface area contributed by atoms with E-state index in [0.717, 1.165) is 6.33 Å². The zero-order valence-electron chi connectivity index (χ0n) is 10.3. The third-order valence-electron chi connectivity index (χ3n) is 2.51. The highest BCUT2D eigenvalue weighted by molar-refractivity contribution is 6.31. The van der Waals surface area contributed by atoms with E-state index in [-0.39, 0.29) is 16.8 Å². The first-order valence-corrected chi connectivity index (χ1v) is 5.89. The van der Waals surface area contributed by atoms with Crippen molar-refractivity contribution in [1.82, 2.24) is 9.97 Å². The molecule has 1 N–H and O–H groups in total. The lowest BCUT2D eigenvalue weighted by atomic mass is 10.1. The van der Waals surface area contributed by atoms with Crippen molar-refractivity contribution in [3.05, 3.63) is 51.4 Å². The van der Waals surface area contributed by atoms with E-state index in [1.165, 1.54) is 6.92 Å². The van der Waals surface area contributed by atoms with Crippen molar-refractivity contribution in [2.24, 2.45) is 0 Å². The SMILES string of the molecule is CC(=O)c1ccc(Nc2ncnc(Cl)c2[N+](=O)[O-])cc1. The Bertz CT molecular complexity index is 673. The number of nitrogens with zero attached hydrogens (tertiary/aromatic N) is 3. The van der Waals surface area contributed by atoms with Crippen molar-refractivity contribution in [3.8, 4) is 0 Å². The molecule has 20 heavy (non-hydrogen) atoms. The van der Waals surface area contributed by atoms with Crippen LogP contribution in [0.25, 0.3) is 0 Å². The zero-order chi connectivity index (χ0) is 14.7. The molecule has 102 valence electrons. The van der Waals surface area contributed by atoms with Crippen molar-refractivity contribution < 1.29 is 9.72 Å². The topological polar surface area (TPSA) is 98.0 Å². The van der Waals surface area contributed by atoms with Crippen molar-refractivity contribution in [3.63, 3.8) is 0 Å². The molecule has 0 amide bonds. The number of halogens is 1. The molecule has 0 saturated heterocycles. The van der Waals surface area contributed by atoms with Gasteiger partial charge in [0.2, 0.25) is 11.0 Å². The van der Waals surface area contributed by atoms with Crippen LogP contribution in [-0.4, -0.2) is 20.7 Å². The first kappa shape index (κ1) is 13.9. The van der Waals surface area contributed by atoms with Gasteiger partial charge in [-0.25, -0.2) is 9.97 Å². The molecular weight excluding hydrogens is 284 g/mol. The van der Waals surface area contributed by atoms with Gasteiger partial charge in [-0.2, -0.15) is 0 Å². The molecule has 2 aromatic rings. The minimum absolute atomic E-state index is 0.00873. The van der Waals surface area contributed by atoms with Gasteiger partial charge in [-0.3, -0.25) is 14.9 Å². The molecule has 0 atom stereocenters. The van der Waals surface area contributed by atoms with Gasteiger partial charge >= 0.3 is 5.69 Å². The number of hydrogen-bond donors (Lipinski definition) is 1. The van der Waals surface area contributed by atoms with E-state index in [1.54, 1.807) is 24.3 Å². The summed E-state index contributed by atoms with van der Waals surface area (Å²) in [4.78, 5) is 28.8. The predicted octanol–water partition coefficient (Wildman–Crippen LogP) is 2.98. The Kier molecular flexibility index (Phi) is 3.90. The summed E-state index contributed by atoms with van der Waals surface area (Å²) in [5.74, 6) is -0.0711. The molecule has 1 heterocycles. The summed E-state index contributed by atoms with van der Waals surface area (Å²) in [5, 5.41) is 13.5.